The van der Waals surface area contributed by atoms with Gasteiger partial charge in [0.15, 0.2) is 0 Å². The number of nitrogens with two attached hydrogens (primary N) is 1. The maximum absolute atomic E-state index is 12.0. The maximum Gasteiger partial charge on any atom is 0.323 e. The number of rotatable bonds is 6. The molecule has 8 nitrogen and oxygen atoms in total. The molecule has 3 amide bonds. The van der Waals surface area contributed by atoms with E-state index >= 15 is 0 Å². The third kappa shape index (κ3) is 4.09. The predicted molar refractivity (Wildman–Crippen MR) is 69.9 cm³/mol. The van der Waals surface area contributed by atoms with E-state index in [9.17, 15) is 14.4 Å². The molecule has 1 aliphatic heterocycles. The van der Waals surface area contributed by atoms with E-state index in [0.717, 1.165) is 24.4 Å². The van der Waals surface area contributed by atoms with E-state index in [2.05, 4.69) is 10.2 Å². The molecule has 20 heavy (non-hydrogen) atoms. The van der Waals surface area contributed by atoms with Gasteiger partial charge in [-0.25, -0.2) is 4.79 Å². The monoisotopic (exact) mass is 284 g/mol. The van der Waals surface area contributed by atoms with E-state index in [0.29, 0.717) is 6.04 Å². The number of carbonyl (C=O) groups is 3. The zero-order valence-corrected chi connectivity index (χ0v) is 11.2. The van der Waals surface area contributed by atoms with Crippen LogP contribution < -0.4 is 11.1 Å². The van der Waals surface area contributed by atoms with Gasteiger partial charge >= 0.3 is 12.0 Å². The summed E-state index contributed by atoms with van der Waals surface area (Å²) in [5.41, 5.74) is 5.02. The number of hydrogen-bond donors (Lipinski definition) is 3. The third-order valence-electron chi connectivity index (χ3n) is 3.57. The minimum absolute atomic E-state index is 0.00673. The summed E-state index contributed by atoms with van der Waals surface area (Å²) in [4.78, 5) is 36.8. The van der Waals surface area contributed by atoms with Gasteiger partial charge in [0.25, 0.3) is 0 Å². The molecule has 2 fully saturated rings. The van der Waals surface area contributed by atoms with Crippen LogP contribution in [-0.2, 0) is 9.59 Å². The summed E-state index contributed by atoms with van der Waals surface area (Å²) in [7, 11) is 0. The third-order valence-corrected chi connectivity index (χ3v) is 3.57. The Labute approximate surface area is 116 Å². The van der Waals surface area contributed by atoms with E-state index in [-0.39, 0.29) is 6.04 Å². The summed E-state index contributed by atoms with van der Waals surface area (Å²) in [6.07, 6.45) is 3.28. The molecule has 4 N–H and O–H groups in total. The van der Waals surface area contributed by atoms with Crippen LogP contribution in [0, 0.1) is 0 Å². The van der Waals surface area contributed by atoms with E-state index in [4.69, 9.17) is 10.8 Å². The van der Waals surface area contributed by atoms with Gasteiger partial charge in [-0.15, -0.1) is 0 Å². The molecule has 1 heterocycles. The van der Waals surface area contributed by atoms with Crippen LogP contribution in [0.5, 0.6) is 0 Å². The fourth-order valence-electron chi connectivity index (χ4n) is 2.49. The average molecular weight is 284 g/mol. The van der Waals surface area contributed by atoms with Crippen molar-refractivity contribution >= 4 is 17.9 Å². The summed E-state index contributed by atoms with van der Waals surface area (Å²) in [5, 5.41) is 11.5. The van der Waals surface area contributed by atoms with Crippen LogP contribution in [0.25, 0.3) is 0 Å². The molecule has 1 aliphatic carbocycles. The number of hydrogen-bond acceptors (Lipinski definition) is 4. The van der Waals surface area contributed by atoms with E-state index in [1.54, 1.807) is 0 Å². The standard InChI is InChI=1S/C12H20N4O4/c13-10(17)6-16(7-11(18)19)12(20)14-8-3-4-15(5-8)9-1-2-9/h8-9H,1-7H2,(H2,13,17)(H,14,20)(H,18,19). The van der Waals surface area contributed by atoms with Gasteiger partial charge in [-0.2, -0.15) is 0 Å². The van der Waals surface area contributed by atoms with Gasteiger partial charge in [0.1, 0.15) is 13.1 Å². The summed E-state index contributed by atoms with van der Waals surface area (Å²) in [6, 6.07) is 0.110. The first-order valence-electron chi connectivity index (χ1n) is 6.75. The first kappa shape index (κ1) is 14.6. The van der Waals surface area contributed by atoms with Crippen molar-refractivity contribution in [1.82, 2.24) is 15.1 Å². The van der Waals surface area contributed by atoms with Gasteiger partial charge in [0.05, 0.1) is 0 Å². The van der Waals surface area contributed by atoms with Gasteiger partial charge in [-0.1, -0.05) is 0 Å². The number of carbonyl (C=O) groups excluding carboxylic acids is 2. The van der Waals surface area contributed by atoms with Crippen molar-refractivity contribution in [3.05, 3.63) is 0 Å². The SMILES string of the molecule is NC(=O)CN(CC(=O)O)C(=O)NC1CCN(C2CC2)C1. The number of carboxylic acids is 1. The van der Waals surface area contributed by atoms with Gasteiger partial charge in [-0.05, 0) is 19.3 Å². The number of aliphatic carboxylic acids is 1. The lowest BCUT2D eigenvalue weighted by atomic mass is 10.3. The highest BCUT2D eigenvalue weighted by molar-refractivity contribution is 5.86. The first-order valence-corrected chi connectivity index (χ1v) is 6.75. The molecule has 1 saturated carbocycles. The lowest BCUT2D eigenvalue weighted by molar-refractivity contribution is -0.137. The Morgan fingerprint density at radius 1 is 1.25 bits per heavy atom. The van der Waals surface area contributed by atoms with Gasteiger partial charge in [0, 0.05) is 25.2 Å². The summed E-state index contributed by atoms with van der Waals surface area (Å²) in [5.74, 6) is -1.90. The molecule has 0 aromatic carbocycles. The van der Waals surface area contributed by atoms with Crippen molar-refractivity contribution < 1.29 is 19.5 Å². The molecular formula is C12H20N4O4. The molecule has 2 rings (SSSR count). The van der Waals surface area contributed by atoms with Crippen LogP contribution in [0.15, 0.2) is 0 Å². The number of primary amides is 1. The number of carboxylic acid groups (broad SMARTS) is 1. The molecule has 0 bridgehead atoms. The Kier molecular flexibility index (Phi) is 4.43. The lowest BCUT2D eigenvalue weighted by Crippen LogP contribution is -2.50. The molecule has 112 valence electrons. The van der Waals surface area contributed by atoms with Crippen molar-refractivity contribution in [3.8, 4) is 0 Å². The second-order valence-electron chi connectivity index (χ2n) is 5.38. The topological polar surface area (TPSA) is 116 Å². The Morgan fingerprint density at radius 3 is 2.50 bits per heavy atom. The maximum atomic E-state index is 12.0. The largest absolute Gasteiger partial charge is 0.480 e. The molecule has 0 aromatic heterocycles. The average Bonchev–Trinajstić information content (AvgIpc) is 3.08. The Bertz CT molecular complexity index is 394. The van der Waals surface area contributed by atoms with Crippen molar-refractivity contribution in [3.63, 3.8) is 0 Å². The Hall–Kier alpha value is -1.83. The molecule has 1 saturated heterocycles. The van der Waals surface area contributed by atoms with E-state index in [1.165, 1.54) is 12.8 Å². The molecule has 0 radical (unpaired) electrons. The second-order valence-corrected chi connectivity index (χ2v) is 5.38. The minimum atomic E-state index is -1.17. The van der Waals surface area contributed by atoms with Crippen LogP contribution in [-0.4, -0.2) is 71.1 Å². The number of nitrogens with one attached hydrogen (secondary N) is 1. The van der Waals surface area contributed by atoms with Crippen LogP contribution in [0.4, 0.5) is 4.79 Å². The van der Waals surface area contributed by atoms with Crippen LogP contribution in [0.3, 0.4) is 0 Å². The van der Waals surface area contributed by atoms with Gasteiger partial charge in [0.2, 0.25) is 5.91 Å². The van der Waals surface area contributed by atoms with Crippen molar-refractivity contribution in [2.75, 3.05) is 26.2 Å². The zero-order valence-electron chi connectivity index (χ0n) is 11.2. The summed E-state index contributed by atoms with van der Waals surface area (Å²) < 4.78 is 0. The van der Waals surface area contributed by atoms with E-state index < -0.39 is 31.0 Å². The summed E-state index contributed by atoms with van der Waals surface area (Å²) in [6.45, 7) is 0.809. The van der Waals surface area contributed by atoms with Crippen molar-refractivity contribution in [2.45, 2.75) is 31.3 Å². The molecule has 1 atom stereocenters. The van der Waals surface area contributed by atoms with Gasteiger partial charge < -0.3 is 21.1 Å². The fraction of sp³-hybridized carbons (Fsp3) is 0.750. The van der Waals surface area contributed by atoms with Crippen LogP contribution >= 0.6 is 0 Å². The lowest BCUT2D eigenvalue weighted by Gasteiger charge is -2.22. The molecule has 1 unspecified atom stereocenters. The number of likely N-dealkylation sites (tertiary alicyclic amines) is 1. The smallest absolute Gasteiger partial charge is 0.323 e. The number of amides is 3. The van der Waals surface area contributed by atoms with Crippen molar-refractivity contribution in [2.24, 2.45) is 5.73 Å². The highest BCUT2D eigenvalue weighted by Crippen LogP contribution is 2.29. The quantitative estimate of drug-likeness (QED) is 0.567. The normalized spacial score (nSPS) is 22.5. The highest BCUT2D eigenvalue weighted by Gasteiger charge is 2.35. The fourth-order valence-corrected chi connectivity index (χ4v) is 2.49. The molecule has 8 heteroatoms. The molecule has 0 spiro atoms. The second kappa shape index (κ2) is 6.08. The van der Waals surface area contributed by atoms with Crippen LogP contribution in [0.1, 0.15) is 19.3 Å². The molecular weight excluding hydrogens is 264 g/mol. The molecule has 0 aromatic rings. The Morgan fingerprint density at radius 2 is 1.95 bits per heavy atom. The van der Waals surface area contributed by atoms with E-state index in [1.807, 2.05) is 0 Å². The number of nitrogens with zero attached hydrogens (tertiary/aromatic N) is 2. The summed E-state index contributed by atoms with van der Waals surface area (Å²) >= 11 is 0. The predicted octanol–water partition coefficient (Wildman–Crippen LogP) is -1.20. The van der Waals surface area contributed by atoms with Crippen molar-refractivity contribution in [1.29, 1.82) is 0 Å². The minimum Gasteiger partial charge on any atom is -0.480 e. The zero-order chi connectivity index (χ0) is 14.7. The van der Waals surface area contributed by atoms with Crippen LogP contribution in [0.2, 0.25) is 0 Å². The molecule has 2 aliphatic rings. The number of urea groups is 1. The van der Waals surface area contributed by atoms with Gasteiger partial charge in [-0.3, -0.25) is 14.5 Å². The highest BCUT2D eigenvalue weighted by atomic mass is 16.4. The first-order chi connectivity index (χ1) is 9.45. The Balaban J connectivity index is 1.83.